The second-order valence-corrected chi connectivity index (χ2v) is 42.4. The largest absolute Gasteiger partial charge is 0.394 e. The van der Waals surface area contributed by atoms with Gasteiger partial charge in [-0.05, 0) is 217 Å². The van der Waals surface area contributed by atoms with Crippen molar-refractivity contribution in [2.24, 2.45) is 92.7 Å². The van der Waals surface area contributed by atoms with Crippen LogP contribution in [0.3, 0.4) is 0 Å². The van der Waals surface area contributed by atoms with Crippen molar-refractivity contribution in [2.75, 3.05) is 32.9 Å². The number of hydrogen-bond acceptors (Lipinski definition) is 33. The molecule has 8 aliphatic carbocycles. The van der Waals surface area contributed by atoms with Crippen LogP contribution in [0.25, 0.3) is 0 Å². The van der Waals surface area contributed by atoms with Crippen molar-refractivity contribution in [1.82, 2.24) is 10.6 Å². The first-order chi connectivity index (χ1) is 58.3. The van der Waals surface area contributed by atoms with Crippen LogP contribution < -0.4 is 10.6 Å². The van der Waals surface area contributed by atoms with Gasteiger partial charge in [-0.15, -0.1) is 0 Å². The fourth-order valence-corrected chi connectivity index (χ4v) is 28.4. The van der Waals surface area contributed by atoms with Gasteiger partial charge in [-0.25, -0.2) is 0 Å². The fraction of sp³-hybridized carbons (Fsp3) is 0.956. The number of ether oxygens (including phenoxy) is 14. The predicted molar refractivity (Wildman–Crippen MR) is 431 cm³/mol. The normalized spacial score (nSPS) is 58.0. The molecule has 6 saturated carbocycles. The number of allylic oxidation sites excluding steroid dienone is 2. The van der Waals surface area contributed by atoms with Crippen molar-refractivity contribution in [1.29, 1.82) is 0 Å². The second-order valence-electron chi connectivity index (χ2n) is 42.4. The van der Waals surface area contributed by atoms with Crippen molar-refractivity contribution < 1.29 is 153 Å². The van der Waals surface area contributed by atoms with Crippen molar-refractivity contribution in [3.63, 3.8) is 0 Å². The summed E-state index contributed by atoms with van der Waals surface area (Å²) >= 11 is 0. The Balaban J connectivity index is 0.000000175. The SMILES string of the molecule is CC1OC(OC2C(CO)OC(OC3CCC4(C)C(=CCC5C4CCC4(C)C5CC5OC6(CC[C@@H](C)CN6)[C@@H](C)C54)C3)C(OC3OC(C)C(O)C(O)C3O)C2O)C(O)C(O)C1O.CC1OC(OC2C(OC3CCC4(C)C(=CCC5C4CCC4(C)C5CC5OC6(CC[C@@H](C)CN6)[C@@H](C)C54)C3)OC(CO)C(O)C2OC2OC(CO)C(O)C(O)C2O)C(O)C(O)C1O. The molecule has 10 heterocycles. The lowest BCUT2D eigenvalue weighted by Gasteiger charge is -2.59. The molecule has 52 atom stereocenters. The molecule has 2 spiro atoms. The van der Waals surface area contributed by atoms with E-state index in [0.717, 1.165) is 70.9 Å². The highest BCUT2D eigenvalue weighted by atomic mass is 16.8. The number of aliphatic hydroxyl groups is 17. The van der Waals surface area contributed by atoms with E-state index in [4.69, 9.17) is 66.3 Å². The van der Waals surface area contributed by atoms with Crippen LogP contribution >= 0.6 is 0 Å². The Morgan fingerprint density at radius 3 is 1.13 bits per heavy atom. The molecule has 10 aliphatic heterocycles. The van der Waals surface area contributed by atoms with Gasteiger partial charge < -0.3 is 153 Å². The molecule has 0 bridgehead atoms. The van der Waals surface area contributed by atoms with E-state index in [0.29, 0.717) is 103 Å². The summed E-state index contributed by atoms with van der Waals surface area (Å²) < 4.78 is 87.6. The second kappa shape index (κ2) is 35.5. The van der Waals surface area contributed by atoms with Gasteiger partial charge in [-0.3, -0.25) is 10.6 Å². The third-order valence-electron chi connectivity index (χ3n) is 35.8. The Hall–Kier alpha value is -1.84. The molecule has 33 heteroatoms. The Morgan fingerprint density at radius 2 is 0.715 bits per heavy atom. The molecular formula is C90H146N2O31. The lowest BCUT2D eigenvalue weighted by molar-refractivity contribution is -0.394. The van der Waals surface area contributed by atoms with Gasteiger partial charge in [0.15, 0.2) is 37.7 Å². The molecule has 0 aromatic rings. The van der Waals surface area contributed by atoms with Gasteiger partial charge in [-0.2, -0.15) is 0 Å². The van der Waals surface area contributed by atoms with Crippen molar-refractivity contribution >= 4 is 0 Å². The zero-order valence-corrected chi connectivity index (χ0v) is 73.3. The molecule has 48 unspecified atom stereocenters. The number of hydrogen-bond donors (Lipinski definition) is 19. The van der Waals surface area contributed by atoms with Crippen LogP contribution in [0.4, 0.5) is 0 Å². The Morgan fingerprint density at radius 1 is 0.350 bits per heavy atom. The number of rotatable bonds is 15. The molecule has 16 fully saturated rings. The third kappa shape index (κ3) is 16.0. The van der Waals surface area contributed by atoms with Crippen LogP contribution in [0.5, 0.6) is 0 Å². The Labute approximate surface area is 721 Å². The van der Waals surface area contributed by atoms with Crippen LogP contribution in [0.15, 0.2) is 23.3 Å². The summed E-state index contributed by atoms with van der Waals surface area (Å²) in [6.45, 7) is 24.0. The zero-order valence-electron chi connectivity index (χ0n) is 73.3. The molecule has 0 radical (unpaired) electrons. The maximum absolute atomic E-state index is 12.0. The molecule has 0 aromatic carbocycles. The minimum absolute atomic E-state index is 0.00472. The monoisotopic (exact) mass is 1750 g/mol. The maximum atomic E-state index is 12.0. The summed E-state index contributed by atoms with van der Waals surface area (Å²) in [5, 5.41) is 189. The smallest absolute Gasteiger partial charge is 0.187 e. The van der Waals surface area contributed by atoms with Crippen LogP contribution in [-0.4, -0.2) is 340 Å². The van der Waals surface area contributed by atoms with E-state index in [1.165, 1.54) is 64.0 Å². The molecule has 33 nitrogen and oxygen atoms in total. The van der Waals surface area contributed by atoms with Crippen molar-refractivity contribution in [3.05, 3.63) is 23.3 Å². The molecule has 19 N–H and O–H groups in total. The first-order valence-corrected chi connectivity index (χ1v) is 46.8. The van der Waals surface area contributed by atoms with E-state index in [1.54, 1.807) is 0 Å². The summed E-state index contributed by atoms with van der Waals surface area (Å²) in [5.41, 5.74) is 2.73. The van der Waals surface area contributed by atoms with E-state index in [2.05, 4.69) is 78.2 Å². The van der Waals surface area contributed by atoms with Crippen molar-refractivity contribution in [3.8, 4) is 0 Å². The van der Waals surface area contributed by atoms with Gasteiger partial charge in [0.05, 0.1) is 62.5 Å². The van der Waals surface area contributed by atoms with E-state index < -0.39 is 210 Å². The van der Waals surface area contributed by atoms with Gasteiger partial charge in [0, 0.05) is 24.9 Å². The average Bonchev–Trinajstić information content (AvgIpc) is 1.54. The fourth-order valence-electron chi connectivity index (χ4n) is 28.4. The highest BCUT2D eigenvalue weighted by molar-refractivity contribution is 5.29. The number of aliphatic hydroxyl groups excluding tert-OH is 17. The lowest BCUT2D eigenvalue weighted by Crippen LogP contribution is -2.67. The van der Waals surface area contributed by atoms with Crippen LogP contribution in [0.1, 0.15) is 192 Å². The Kier molecular flexibility index (Phi) is 26.9. The number of piperidine rings is 2. The quantitative estimate of drug-likeness (QED) is 0.0998. The molecule has 0 aromatic heterocycles. The standard InChI is InChI=1S/C45H73NO16.C45H73NO15/c1-19-8-13-45(46-16-19)20(2)30-27(62-45)15-26-24-7-6-22-14-23(9-11-43(22,4)25(24)10-12-44(26,30)5)57-42-39(61-40-36(54)34(52)31(49)21(3)56-40)38(33(51)29(18-48)59-42)60-41-37(55)35(53)32(50)28(17-47)58-41;1-19-9-14-45(46-17-19)20(2)30-28(61-45)16-27-25-8-7-23-15-24(10-12-43(23,5)26(25)11-13-44(27,30)6)57-42-39(60-41-36(53)34(51)32(49)22(4)56-41)37(54)38(29(18-47)58-42)59-40-35(52)33(50)31(48)21(3)55-40/h6,19-21,23-42,46-55H,7-18H2,1-5H3;7,19-22,24-42,46-54H,8-18H2,1-6H3/t19-,20+,21?,23?,24?,25?,26?,27?,28?,29?,30?,31?,32?,33?,34?,35?,36?,37?,38?,39?,40?,41?,42?,43?,44?,45?;19-,20+,21?,22?,24?,25?,26?,27?,28?,29?,30?,31?,32?,33?,34?,35?,36?,37?,38?,39?,40?,41?,42?,43?,44?,45?/m11/s1. The van der Waals surface area contributed by atoms with E-state index >= 15 is 0 Å². The molecule has 0 amide bonds. The number of fused-ring (bicyclic) bond motifs is 14. The van der Waals surface area contributed by atoms with Gasteiger partial charge in [-0.1, -0.05) is 78.7 Å². The number of nitrogens with one attached hydrogen (secondary N) is 2. The van der Waals surface area contributed by atoms with E-state index in [1.807, 2.05) is 0 Å². The summed E-state index contributed by atoms with van der Waals surface area (Å²) in [4.78, 5) is 0. The topological polar surface area (TPSA) is 497 Å². The first kappa shape index (κ1) is 93.0. The third-order valence-corrected chi connectivity index (χ3v) is 35.8. The van der Waals surface area contributed by atoms with Gasteiger partial charge in [0.25, 0.3) is 0 Å². The summed E-state index contributed by atoms with van der Waals surface area (Å²) in [5.74, 6) is 6.74. The van der Waals surface area contributed by atoms with Gasteiger partial charge >= 0.3 is 0 Å². The summed E-state index contributed by atoms with van der Waals surface area (Å²) in [7, 11) is 0. The Bertz CT molecular complexity index is 3670. The van der Waals surface area contributed by atoms with E-state index in [-0.39, 0.29) is 45.3 Å². The zero-order chi connectivity index (χ0) is 87.7. The molecule has 123 heavy (non-hydrogen) atoms. The molecular weight excluding hydrogens is 1600 g/mol. The molecule has 18 rings (SSSR count). The first-order valence-electron chi connectivity index (χ1n) is 46.8. The van der Waals surface area contributed by atoms with Crippen LogP contribution in [-0.2, 0) is 66.3 Å². The minimum atomic E-state index is -1.84. The molecule has 10 saturated heterocycles. The minimum Gasteiger partial charge on any atom is -0.394 e. The average molecular weight is 1750 g/mol. The molecule has 702 valence electrons. The maximum Gasteiger partial charge on any atom is 0.187 e. The van der Waals surface area contributed by atoms with Gasteiger partial charge in [0.2, 0.25) is 0 Å². The van der Waals surface area contributed by atoms with Crippen LogP contribution in [0, 0.1) is 92.7 Å². The highest BCUT2D eigenvalue weighted by Gasteiger charge is 2.72. The predicted octanol–water partition coefficient (Wildman–Crippen LogP) is 0.602. The van der Waals surface area contributed by atoms with Crippen molar-refractivity contribution in [2.45, 2.75) is 412 Å². The summed E-state index contributed by atoms with van der Waals surface area (Å²) in [6, 6.07) is 0. The lowest BCUT2D eigenvalue weighted by atomic mass is 9.47. The van der Waals surface area contributed by atoms with Gasteiger partial charge in [0.1, 0.15) is 140 Å². The summed E-state index contributed by atoms with van der Waals surface area (Å²) in [6.07, 6.45) is -21.9. The van der Waals surface area contributed by atoms with E-state index in [9.17, 15) is 86.8 Å². The molecule has 18 aliphatic rings. The van der Waals surface area contributed by atoms with Crippen LogP contribution in [0.2, 0.25) is 0 Å². The highest BCUT2D eigenvalue weighted by Crippen LogP contribution is 2.73.